The molecule has 1 aromatic rings. The fraction of sp³-hybridized carbons (Fsp3) is 0.688. The van der Waals surface area contributed by atoms with E-state index in [4.69, 9.17) is 4.74 Å². The topological polar surface area (TPSA) is 22.1 Å². The first-order valence-electron chi connectivity index (χ1n) is 7.27. The largest absolute Gasteiger partial charge is 0.474 e. The van der Waals surface area contributed by atoms with Crippen LogP contribution in [0.15, 0.2) is 10.5 Å². The SMILES string of the molecule is Cc1cc(Br)c(O[C@H]2CC[C@@H](C(C)C)CC2)nc1C. The number of pyridine rings is 1. The van der Waals surface area contributed by atoms with Gasteiger partial charge in [-0.2, -0.15) is 0 Å². The highest BCUT2D eigenvalue weighted by atomic mass is 79.9. The fourth-order valence-electron chi connectivity index (χ4n) is 2.76. The van der Waals surface area contributed by atoms with Gasteiger partial charge in [-0.3, -0.25) is 0 Å². The van der Waals surface area contributed by atoms with Crippen molar-refractivity contribution in [3.63, 3.8) is 0 Å². The van der Waals surface area contributed by atoms with Crippen LogP contribution < -0.4 is 4.74 Å². The Morgan fingerprint density at radius 1 is 1.21 bits per heavy atom. The van der Waals surface area contributed by atoms with Gasteiger partial charge in [-0.05, 0) is 78.9 Å². The molecule has 0 unspecified atom stereocenters. The summed E-state index contributed by atoms with van der Waals surface area (Å²) in [5, 5.41) is 0. The number of hydrogen-bond acceptors (Lipinski definition) is 2. The number of nitrogens with zero attached hydrogens (tertiary/aromatic N) is 1. The lowest BCUT2D eigenvalue weighted by Crippen LogP contribution is -2.26. The summed E-state index contributed by atoms with van der Waals surface area (Å²) >= 11 is 3.56. The lowest BCUT2D eigenvalue weighted by molar-refractivity contribution is 0.111. The monoisotopic (exact) mass is 325 g/mol. The van der Waals surface area contributed by atoms with Gasteiger partial charge in [0.1, 0.15) is 6.10 Å². The Labute approximate surface area is 125 Å². The van der Waals surface area contributed by atoms with Gasteiger partial charge >= 0.3 is 0 Å². The maximum Gasteiger partial charge on any atom is 0.228 e. The van der Waals surface area contributed by atoms with Gasteiger partial charge in [-0.1, -0.05) is 13.8 Å². The molecule has 0 N–H and O–H groups in total. The van der Waals surface area contributed by atoms with E-state index in [1.54, 1.807) is 0 Å². The van der Waals surface area contributed by atoms with Crippen LogP contribution in [0, 0.1) is 25.7 Å². The average Bonchev–Trinajstić information content (AvgIpc) is 2.36. The Hall–Kier alpha value is -0.570. The number of aromatic nitrogens is 1. The molecule has 0 bridgehead atoms. The summed E-state index contributed by atoms with van der Waals surface area (Å²) in [6.07, 6.45) is 5.21. The molecule has 106 valence electrons. The van der Waals surface area contributed by atoms with Crippen LogP contribution in [-0.4, -0.2) is 11.1 Å². The van der Waals surface area contributed by atoms with Crippen LogP contribution in [0.5, 0.6) is 5.88 Å². The molecule has 1 aliphatic carbocycles. The summed E-state index contributed by atoms with van der Waals surface area (Å²) in [5.74, 6) is 2.43. The molecule has 0 amide bonds. The second kappa shape index (κ2) is 6.25. The van der Waals surface area contributed by atoms with Gasteiger partial charge in [0.2, 0.25) is 5.88 Å². The molecule has 2 nitrogen and oxygen atoms in total. The minimum atomic E-state index is 0.334. The van der Waals surface area contributed by atoms with E-state index in [0.29, 0.717) is 6.10 Å². The van der Waals surface area contributed by atoms with E-state index in [-0.39, 0.29) is 0 Å². The van der Waals surface area contributed by atoms with Gasteiger partial charge in [0.25, 0.3) is 0 Å². The second-order valence-electron chi connectivity index (χ2n) is 6.08. The molecule has 1 fully saturated rings. The Balaban J connectivity index is 1.98. The molecule has 2 rings (SSSR count). The molecule has 0 radical (unpaired) electrons. The molecule has 0 saturated heterocycles. The zero-order valence-corrected chi connectivity index (χ0v) is 14.0. The van der Waals surface area contributed by atoms with Crippen LogP contribution >= 0.6 is 15.9 Å². The number of ether oxygens (including phenoxy) is 1. The lowest BCUT2D eigenvalue weighted by Gasteiger charge is -2.31. The van der Waals surface area contributed by atoms with Crippen LogP contribution in [0.4, 0.5) is 0 Å². The van der Waals surface area contributed by atoms with E-state index in [2.05, 4.69) is 47.8 Å². The molecule has 0 aliphatic heterocycles. The van der Waals surface area contributed by atoms with E-state index >= 15 is 0 Å². The third-order valence-corrected chi connectivity index (χ3v) is 4.90. The quantitative estimate of drug-likeness (QED) is 0.775. The van der Waals surface area contributed by atoms with Gasteiger partial charge in [0.05, 0.1) is 4.47 Å². The highest BCUT2D eigenvalue weighted by Gasteiger charge is 2.25. The summed E-state index contributed by atoms with van der Waals surface area (Å²) < 4.78 is 7.07. The number of halogens is 1. The molecule has 0 spiro atoms. The van der Waals surface area contributed by atoms with Crippen LogP contribution in [0.3, 0.4) is 0 Å². The van der Waals surface area contributed by atoms with E-state index in [0.717, 1.165) is 40.7 Å². The number of rotatable bonds is 3. The predicted octanol–water partition coefficient (Wildman–Crippen LogP) is 5.05. The zero-order chi connectivity index (χ0) is 14.0. The van der Waals surface area contributed by atoms with Crippen molar-refractivity contribution in [3.8, 4) is 5.88 Å². The second-order valence-corrected chi connectivity index (χ2v) is 6.93. The summed E-state index contributed by atoms with van der Waals surface area (Å²) in [4.78, 5) is 4.55. The molecule has 1 saturated carbocycles. The van der Waals surface area contributed by atoms with Crippen LogP contribution in [-0.2, 0) is 0 Å². The van der Waals surface area contributed by atoms with E-state index in [1.165, 1.54) is 18.4 Å². The molecule has 1 heterocycles. The molecule has 19 heavy (non-hydrogen) atoms. The normalized spacial score (nSPS) is 23.7. The summed E-state index contributed by atoms with van der Waals surface area (Å²) in [6, 6.07) is 2.09. The van der Waals surface area contributed by atoms with Crippen LogP contribution in [0.2, 0.25) is 0 Å². The van der Waals surface area contributed by atoms with E-state index in [1.807, 2.05) is 6.92 Å². The molecular weight excluding hydrogens is 302 g/mol. The first-order chi connectivity index (χ1) is 8.97. The predicted molar refractivity (Wildman–Crippen MR) is 82.6 cm³/mol. The summed E-state index contributed by atoms with van der Waals surface area (Å²) in [7, 11) is 0. The third kappa shape index (κ3) is 3.71. The van der Waals surface area contributed by atoms with E-state index in [9.17, 15) is 0 Å². The van der Waals surface area contributed by atoms with Crippen molar-refractivity contribution < 1.29 is 4.74 Å². The van der Waals surface area contributed by atoms with Crippen LogP contribution in [0.1, 0.15) is 50.8 Å². The maximum absolute atomic E-state index is 6.09. The number of aryl methyl sites for hydroxylation is 2. The Kier molecular flexibility index (Phi) is 4.88. The molecule has 3 heteroatoms. The van der Waals surface area contributed by atoms with Crippen molar-refractivity contribution in [2.24, 2.45) is 11.8 Å². The van der Waals surface area contributed by atoms with Crippen LogP contribution in [0.25, 0.3) is 0 Å². The first kappa shape index (κ1) is 14.8. The number of hydrogen-bond donors (Lipinski definition) is 0. The minimum Gasteiger partial charge on any atom is -0.474 e. The van der Waals surface area contributed by atoms with E-state index < -0.39 is 0 Å². The first-order valence-corrected chi connectivity index (χ1v) is 8.07. The molecular formula is C16H24BrNO. The van der Waals surface area contributed by atoms with Crippen molar-refractivity contribution in [2.75, 3.05) is 0 Å². The molecule has 0 atom stereocenters. The van der Waals surface area contributed by atoms with Gasteiger partial charge in [0, 0.05) is 5.69 Å². The van der Waals surface area contributed by atoms with Gasteiger partial charge in [0.15, 0.2) is 0 Å². The van der Waals surface area contributed by atoms with Gasteiger partial charge in [-0.15, -0.1) is 0 Å². The highest BCUT2D eigenvalue weighted by Crippen LogP contribution is 2.33. The van der Waals surface area contributed by atoms with Gasteiger partial charge < -0.3 is 4.74 Å². The van der Waals surface area contributed by atoms with Crippen molar-refractivity contribution in [1.82, 2.24) is 4.98 Å². The zero-order valence-electron chi connectivity index (χ0n) is 12.4. The van der Waals surface area contributed by atoms with Crippen molar-refractivity contribution in [3.05, 3.63) is 21.8 Å². The Morgan fingerprint density at radius 3 is 2.42 bits per heavy atom. The lowest BCUT2D eigenvalue weighted by atomic mass is 9.80. The smallest absolute Gasteiger partial charge is 0.228 e. The highest BCUT2D eigenvalue weighted by molar-refractivity contribution is 9.10. The third-order valence-electron chi connectivity index (χ3n) is 4.33. The molecule has 1 aromatic heterocycles. The fourth-order valence-corrected chi connectivity index (χ4v) is 3.29. The Bertz CT molecular complexity index is 437. The van der Waals surface area contributed by atoms with Gasteiger partial charge in [-0.25, -0.2) is 4.98 Å². The Morgan fingerprint density at radius 2 is 1.84 bits per heavy atom. The molecule has 0 aromatic carbocycles. The standard InChI is InChI=1S/C16H24BrNO/c1-10(2)13-5-7-14(8-6-13)19-16-15(17)9-11(3)12(4)18-16/h9-10,13-14H,5-8H2,1-4H3/t13-,14+. The average molecular weight is 326 g/mol. The minimum absolute atomic E-state index is 0.334. The molecule has 1 aliphatic rings. The van der Waals surface area contributed by atoms with Crippen molar-refractivity contribution >= 4 is 15.9 Å². The van der Waals surface area contributed by atoms with Crippen molar-refractivity contribution in [2.45, 2.75) is 59.5 Å². The summed E-state index contributed by atoms with van der Waals surface area (Å²) in [6.45, 7) is 8.76. The maximum atomic E-state index is 6.09. The summed E-state index contributed by atoms with van der Waals surface area (Å²) in [5.41, 5.74) is 2.25. The van der Waals surface area contributed by atoms with Crippen molar-refractivity contribution in [1.29, 1.82) is 0 Å².